The van der Waals surface area contributed by atoms with E-state index in [-0.39, 0.29) is 11.9 Å². The number of hydrogen-bond donors (Lipinski definition) is 1. The Morgan fingerprint density at radius 2 is 1.77 bits per heavy atom. The molecule has 1 aliphatic rings. The molecule has 0 saturated carbocycles. The average molecular weight is 474 g/mol. The molecular weight excluding hydrogens is 442 g/mol. The van der Waals surface area contributed by atoms with Gasteiger partial charge in [0.2, 0.25) is 5.95 Å². The lowest BCUT2D eigenvalue weighted by Gasteiger charge is -2.30. The zero-order chi connectivity index (χ0) is 24.4. The Morgan fingerprint density at radius 3 is 2.46 bits per heavy atom. The number of nitrogens with two attached hydrogens (primary N) is 1. The molecule has 182 valence electrons. The van der Waals surface area contributed by atoms with E-state index >= 15 is 0 Å². The Bertz CT molecular complexity index is 1260. The molecule has 5 rings (SSSR count). The number of nitrogen functional groups attached to an aromatic ring is 1. The fraction of sp³-hybridized carbons (Fsp3) is 0.440. The first-order valence-electron chi connectivity index (χ1n) is 12.1. The van der Waals surface area contributed by atoms with E-state index in [1.54, 1.807) is 18.6 Å². The molecule has 10 heteroatoms. The smallest absolute Gasteiger partial charge is 0.261 e. The van der Waals surface area contributed by atoms with Gasteiger partial charge in [0.15, 0.2) is 5.82 Å². The maximum absolute atomic E-state index is 5.69. The van der Waals surface area contributed by atoms with Crippen LogP contribution in [0.2, 0.25) is 0 Å². The first kappa shape index (κ1) is 23.1. The van der Waals surface area contributed by atoms with E-state index in [0.29, 0.717) is 11.7 Å². The summed E-state index contributed by atoms with van der Waals surface area (Å²) >= 11 is 0. The first-order valence-corrected chi connectivity index (χ1v) is 12.1. The van der Waals surface area contributed by atoms with Gasteiger partial charge >= 0.3 is 0 Å². The fourth-order valence-corrected chi connectivity index (χ4v) is 4.46. The molecule has 2 N–H and O–H groups in total. The second kappa shape index (κ2) is 9.53. The Morgan fingerprint density at radius 1 is 1.00 bits per heavy atom. The molecule has 1 atom stereocenters. The highest BCUT2D eigenvalue weighted by molar-refractivity contribution is 5.58. The van der Waals surface area contributed by atoms with Gasteiger partial charge in [-0.3, -0.25) is 9.67 Å². The Kier molecular flexibility index (Phi) is 6.29. The monoisotopic (exact) mass is 473 g/mol. The van der Waals surface area contributed by atoms with E-state index in [4.69, 9.17) is 15.2 Å². The molecular formula is C25H31N9O. The summed E-state index contributed by atoms with van der Waals surface area (Å²) in [6, 6.07) is 4.00. The lowest BCUT2D eigenvalue weighted by molar-refractivity contribution is 0.316. The minimum atomic E-state index is -0.489. The zero-order valence-electron chi connectivity index (χ0n) is 20.4. The third-order valence-electron chi connectivity index (χ3n) is 7.10. The number of nitrogens with zero attached hydrogens (tertiary/aromatic N) is 8. The second-order valence-corrected chi connectivity index (χ2v) is 9.58. The Balaban J connectivity index is 1.36. The van der Waals surface area contributed by atoms with Crippen molar-refractivity contribution in [2.75, 3.05) is 25.4 Å². The lowest BCUT2D eigenvalue weighted by atomic mass is 9.73. The molecule has 1 saturated heterocycles. The third-order valence-corrected chi connectivity index (χ3v) is 7.10. The minimum Gasteiger partial charge on any atom is -0.368 e. The summed E-state index contributed by atoms with van der Waals surface area (Å²) in [6.45, 7) is 10.6. The quantitative estimate of drug-likeness (QED) is 0.410. The number of aromatic nitrogens is 7. The number of hydrogen-bond acceptors (Lipinski definition) is 9. The summed E-state index contributed by atoms with van der Waals surface area (Å²) in [7, 11) is 0. The summed E-state index contributed by atoms with van der Waals surface area (Å²) in [4.78, 5) is 20.0. The van der Waals surface area contributed by atoms with Gasteiger partial charge in [-0.05, 0) is 50.4 Å². The average Bonchev–Trinajstić information content (AvgIpc) is 3.64. The molecule has 35 heavy (non-hydrogen) atoms. The number of likely N-dealkylation sites (tertiary alicyclic amines) is 1. The van der Waals surface area contributed by atoms with E-state index in [1.165, 1.54) is 25.9 Å². The maximum Gasteiger partial charge on any atom is 0.261 e. The van der Waals surface area contributed by atoms with Gasteiger partial charge in [-0.2, -0.15) is 10.1 Å². The highest BCUT2D eigenvalue weighted by Gasteiger charge is 2.38. The van der Waals surface area contributed by atoms with Crippen molar-refractivity contribution in [2.45, 2.75) is 45.6 Å². The van der Waals surface area contributed by atoms with E-state index in [1.807, 2.05) is 29.2 Å². The van der Waals surface area contributed by atoms with Crippen LogP contribution >= 0.6 is 0 Å². The predicted molar refractivity (Wildman–Crippen MR) is 132 cm³/mol. The lowest BCUT2D eigenvalue weighted by Crippen LogP contribution is -2.31. The molecule has 0 amide bonds. The predicted octanol–water partition coefficient (Wildman–Crippen LogP) is 3.43. The molecule has 0 spiro atoms. The van der Waals surface area contributed by atoms with Crippen LogP contribution in [0.1, 0.15) is 45.0 Å². The highest BCUT2D eigenvalue weighted by Crippen LogP contribution is 2.38. The standard InChI is InChI=1S/C25H31N9O/c1-17(2)25(3,20-6-7-21(27-15-20)18-12-28-24(26)29-13-18)23-31-22(35-32-23)19-14-30-34(16-19)11-10-33-8-4-5-9-33/h6-7,12-17H,4-5,8-11H2,1-3H3,(H2,26,28,29)/t25-/m1/s1. The SMILES string of the molecule is CC(C)[C@](C)(c1ccc(-c2cnc(N)nc2)nc1)c1noc(-c2cnn(CCN3CCCC3)c2)n1. The molecule has 4 aromatic heterocycles. The molecule has 0 aliphatic carbocycles. The topological polar surface area (TPSA) is 125 Å². The van der Waals surface area contributed by atoms with E-state index < -0.39 is 5.41 Å². The Labute approximate surface area is 204 Å². The molecule has 0 bridgehead atoms. The number of anilines is 1. The van der Waals surface area contributed by atoms with Crippen LogP contribution < -0.4 is 5.73 Å². The van der Waals surface area contributed by atoms with Crippen LogP contribution in [0.25, 0.3) is 22.7 Å². The van der Waals surface area contributed by atoms with Crippen LogP contribution in [-0.2, 0) is 12.0 Å². The summed E-state index contributed by atoms with van der Waals surface area (Å²) in [5.74, 6) is 1.53. The van der Waals surface area contributed by atoms with Crippen molar-refractivity contribution in [3.05, 3.63) is 54.5 Å². The Hall–Kier alpha value is -3.66. The molecule has 0 aromatic carbocycles. The van der Waals surface area contributed by atoms with Gasteiger partial charge in [-0.15, -0.1) is 0 Å². The van der Waals surface area contributed by atoms with E-state index in [0.717, 1.165) is 35.5 Å². The van der Waals surface area contributed by atoms with Crippen molar-refractivity contribution in [1.82, 2.24) is 39.8 Å². The summed E-state index contributed by atoms with van der Waals surface area (Å²) in [6.07, 6.45) is 11.5. The number of pyridine rings is 1. The van der Waals surface area contributed by atoms with Gasteiger partial charge in [-0.25, -0.2) is 9.97 Å². The van der Waals surface area contributed by atoms with E-state index in [2.05, 4.69) is 50.9 Å². The molecule has 1 fully saturated rings. The van der Waals surface area contributed by atoms with Crippen LogP contribution in [-0.4, -0.2) is 59.4 Å². The molecule has 10 nitrogen and oxygen atoms in total. The van der Waals surface area contributed by atoms with Gasteiger partial charge in [0.1, 0.15) is 0 Å². The van der Waals surface area contributed by atoms with Crippen molar-refractivity contribution in [3.63, 3.8) is 0 Å². The fourth-order valence-electron chi connectivity index (χ4n) is 4.46. The summed E-state index contributed by atoms with van der Waals surface area (Å²) in [5.41, 5.74) is 8.52. The van der Waals surface area contributed by atoms with Crippen molar-refractivity contribution in [2.24, 2.45) is 5.92 Å². The molecule has 0 unspecified atom stereocenters. The van der Waals surface area contributed by atoms with Crippen molar-refractivity contribution in [3.8, 4) is 22.7 Å². The maximum atomic E-state index is 5.69. The van der Waals surface area contributed by atoms with Gasteiger partial charge < -0.3 is 15.2 Å². The molecule has 5 heterocycles. The van der Waals surface area contributed by atoms with Crippen molar-refractivity contribution < 1.29 is 4.52 Å². The van der Waals surface area contributed by atoms with Crippen LogP contribution in [0.3, 0.4) is 0 Å². The first-order chi connectivity index (χ1) is 16.9. The molecule has 4 aromatic rings. The van der Waals surface area contributed by atoms with Crippen LogP contribution in [0.5, 0.6) is 0 Å². The van der Waals surface area contributed by atoms with Crippen LogP contribution in [0.4, 0.5) is 5.95 Å². The van der Waals surface area contributed by atoms with Crippen molar-refractivity contribution >= 4 is 5.95 Å². The van der Waals surface area contributed by atoms with Crippen LogP contribution in [0, 0.1) is 5.92 Å². The van der Waals surface area contributed by atoms with E-state index in [9.17, 15) is 0 Å². The minimum absolute atomic E-state index is 0.198. The summed E-state index contributed by atoms with van der Waals surface area (Å²) < 4.78 is 7.64. The zero-order valence-corrected chi connectivity index (χ0v) is 20.4. The summed E-state index contributed by atoms with van der Waals surface area (Å²) in [5, 5.41) is 8.87. The van der Waals surface area contributed by atoms with Crippen molar-refractivity contribution in [1.29, 1.82) is 0 Å². The van der Waals surface area contributed by atoms with Gasteiger partial charge in [-0.1, -0.05) is 25.1 Å². The largest absolute Gasteiger partial charge is 0.368 e. The van der Waals surface area contributed by atoms with Gasteiger partial charge in [0.05, 0.1) is 29.4 Å². The van der Waals surface area contributed by atoms with Gasteiger partial charge in [0.25, 0.3) is 5.89 Å². The normalized spacial score (nSPS) is 16.1. The molecule has 0 radical (unpaired) electrons. The second-order valence-electron chi connectivity index (χ2n) is 9.58. The van der Waals surface area contributed by atoms with Crippen LogP contribution in [0.15, 0.2) is 47.6 Å². The molecule has 1 aliphatic heterocycles. The number of rotatable bonds is 8. The third kappa shape index (κ3) is 4.66. The van der Waals surface area contributed by atoms with Gasteiger partial charge in [0, 0.05) is 36.9 Å². The highest BCUT2D eigenvalue weighted by atomic mass is 16.5.